The Morgan fingerprint density at radius 1 is 0.931 bits per heavy atom. The molecule has 29 heavy (non-hydrogen) atoms. The van der Waals surface area contributed by atoms with Gasteiger partial charge in [-0.15, -0.1) is 0 Å². The van der Waals surface area contributed by atoms with Crippen LogP contribution < -0.4 is 0 Å². The van der Waals surface area contributed by atoms with Crippen LogP contribution in [0.5, 0.6) is 0 Å². The molecular weight excluding hydrogens is 388 g/mol. The fourth-order valence-electron chi connectivity index (χ4n) is 7.51. The smallest absolute Gasteiger partial charge is 0.241 e. The average Bonchev–Trinajstić information content (AvgIpc) is 2.87. The maximum atomic E-state index is 7.06. The summed E-state index contributed by atoms with van der Waals surface area (Å²) >= 11 is 0. The van der Waals surface area contributed by atoms with Crippen LogP contribution >= 0.6 is 0 Å². The maximum absolute atomic E-state index is 7.06. The summed E-state index contributed by atoms with van der Waals surface area (Å²) in [6.45, 7) is 19.2. The minimum atomic E-state index is -1.63. The molecule has 2 saturated carbocycles. The number of allylic oxidation sites excluding steroid dienone is 4. The van der Waals surface area contributed by atoms with Crippen LogP contribution in [0, 0.1) is 34.5 Å². The van der Waals surface area contributed by atoms with Gasteiger partial charge in [-0.05, 0) is 113 Å². The van der Waals surface area contributed by atoms with Crippen LogP contribution in [-0.4, -0.2) is 22.7 Å². The number of rotatable bonds is 4. The zero-order valence-corrected chi connectivity index (χ0v) is 22.2. The van der Waals surface area contributed by atoms with E-state index in [2.05, 4.69) is 71.4 Å². The number of fused-ring (bicyclic) bond motifs is 5. The standard InChI is InChI=1S/C25H44O2Si2/c1-24-16-10-9-11-18(24)12-13-19-20-14-15-22(27-29(6,7)8)25(20,2)17-21(23(19)24)26-28(3,4)5/h9-10,15,18-21,23H,11-14,16-17H2,1-8H3/t18?,19-,20-,21?,23+,24-,25-/m0/s1. The molecule has 0 bridgehead atoms. The van der Waals surface area contributed by atoms with Crippen molar-refractivity contribution in [2.75, 3.05) is 0 Å². The molecule has 0 aromatic carbocycles. The highest BCUT2D eigenvalue weighted by molar-refractivity contribution is 6.70. The first-order chi connectivity index (χ1) is 13.3. The minimum Gasteiger partial charge on any atom is -0.547 e. The van der Waals surface area contributed by atoms with Crippen LogP contribution in [-0.2, 0) is 8.85 Å². The van der Waals surface area contributed by atoms with Gasteiger partial charge < -0.3 is 8.85 Å². The Hall–Kier alpha value is -0.326. The molecule has 0 saturated heterocycles. The summed E-state index contributed by atoms with van der Waals surface area (Å²) in [6, 6.07) is 0. The topological polar surface area (TPSA) is 18.5 Å². The Bertz CT molecular complexity index is 701. The third-order valence-corrected chi connectivity index (χ3v) is 10.4. The Morgan fingerprint density at radius 3 is 2.31 bits per heavy atom. The highest BCUT2D eigenvalue weighted by Crippen LogP contribution is 2.66. The molecule has 2 unspecified atom stereocenters. The van der Waals surface area contributed by atoms with Gasteiger partial charge in [-0.2, -0.15) is 0 Å². The van der Waals surface area contributed by atoms with E-state index in [0.717, 1.165) is 24.2 Å². The Kier molecular flexibility index (Phi) is 5.36. The van der Waals surface area contributed by atoms with E-state index in [-0.39, 0.29) is 5.41 Å². The van der Waals surface area contributed by atoms with Crippen molar-refractivity contribution in [1.29, 1.82) is 0 Å². The van der Waals surface area contributed by atoms with Gasteiger partial charge in [0.2, 0.25) is 8.32 Å². The van der Waals surface area contributed by atoms with E-state index in [1.807, 2.05) is 0 Å². The van der Waals surface area contributed by atoms with Gasteiger partial charge in [-0.3, -0.25) is 0 Å². The molecule has 0 aliphatic heterocycles. The van der Waals surface area contributed by atoms with Crippen LogP contribution in [0.4, 0.5) is 0 Å². The summed E-state index contributed by atoms with van der Waals surface area (Å²) in [5.41, 5.74) is 0.575. The molecule has 2 fully saturated rings. The van der Waals surface area contributed by atoms with Gasteiger partial charge in [-0.1, -0.05) is 26.0 Å². The van der Waals surface area contributed by atoms with Crippen LogP contribution in [0.3, 0.4) is 0 Å². The monoisotopic (exact) mass is 432 g/mol. The van der Waals surface area contributed by atoms with E-state index < -0.39 is 16.6 Å². The van der Waals surface area contributed by atoms with Gasteiger partial charge >= 0.3 is 0 Å². The maximum Gasteiger partial charge on any atom is 0.241 e. The van der Waals surface area contributed by atoms with E-state index in [4.69, 9.17) is 8.85 Å². The van der Waals surface area contributed by atoms with Crippen molar-refractivity contribution >= 4 is 16.6 Å². The number of hydrogen-bond acceptors (Lipinski definition) is 2. The van der Waals surface area contributed by atoms with Crippen LogP contribution in [0.25, 0.3) is 0 Å². The fraction of sp³-hybridized carbons (Fsp3) is 0.840. The zero-order valence-electron chi connectivity index (χ0n) is 20.2. The van der Waals surface area contributed by atoms with Crippen LogP contribution in [0.1, 0.15) is 52.4 Å². The summed E-state index contributed by atoms with van der Waals surface area (Å²) < 4.78 is 13.8. The predicted octanol–water partition coefficient (Wildman–Crippen LogP) is 7.37. The first kappa shape index (κ1) is 21.9. The van der Waals surface area contributed by atoms with Gasteiger partial charge in [0.1, 0.15) is 0 Å². The van der Waals surface area contributed by atoms with Crippen LogP contribution in [0.2, 0.25) is 39.3 Å². The third-order valence-electron chi connectivity index (χ3n) is 8.55. The van der Waals surface area contributed by atoms with Crippen molar-refractivity contribution < 1.29 is 8.85 Å². The van der Waals surface area contributed by atoms with E-state index >= 15 is 0 Å². The molecule has 0 amide bonds. The minimum absolute atomic E-state index is 0.166. The first-order valence-electron chi connectivity index (χ1n) is 12.1. The first-order valence-corrected chi connectivity index (χ1v) is 18.9. The van der Waals surface area contributed by atoms with Crippen molar-refractivity contribution in [2.45, 2.75) is 97.8 Å². The highest BCUT2D eigenvalue weighted by atomic mass is 28.4. The molecule has 0 N–H and O–H groups in total. The quantitative estimate of drug-likeness (QED) is 0.341. The normalized spacial score (nSPS) is 44.6. The molecule has 0 aromatic heterocycles. The summed E-state index contributed by atoms with van der Waals surface area (Å²) in [4.78, 5) is 0. The van der Waals surface area contributed by atoms with Crippen molar-refractivity contribution in [3.63, 3.8) is 0 Å². The summed E-state index contributed by atoms with van der Waals surface area (Å²) in [5, 5.41) is 0. The second-order valence-corrected chi connectivity index (χ2v) is 21.8. The molecule has 0 aromatic rings. The molecule has 4 rings (SSSR count). The van der Waals surface area contributed by atoms with E-state index in [0.29, 0.717) is 17.4 Å². The third kappa shape index (κ3) is 3.87. The lowest BCUT2D eigenvalue weighted by Crippen LogP contribution is -2.59. The second-order valence-electron chi connectivity index (χ2n) is 12.9. The average molecular weight is 433 g/mol. The molecule has 0 spiro atoms. The zero-order chi connectivity index (χ0) is 21.2. The van der Waals surface area contributed by atoms with E-state index in [9.17, 15) is 0 Å². The van der Waals surface area contributed by atoms with Crippen molar-refractivity contribution in [3.8, 4) is 0 Å². The lowest BCUT2D eigenvalue weighted by Gasteiger charge is -2.62. The molecule has 7 atom stereocenters. The summed E-state index contributed by atoms with van der Waals surface area (Å²) in [5.74, 6) is 4.39. The summed E-state index contributed by atoms with van der Waals surface area (Å²) in [6.07, 6.45) is 15.5. The molecule has 164 valence electrons. The molecule has 2 nitrogen and oxygen atoms in total. The fourth-order valence-corrected chi connectivity index (χ4v) is 9.63. The SMILES string of the molecule is C[C@]12CC=CCC1CC[C@@H]1[C@@H]2C(O[Si](C)(C)C)C[C@]2(C)C(O[Si](C)(C)C)=CC[C@@H]12. The van der Waals surface area contributed by atoms with Gasteiger partial charge in [0.25, 0.3) is 0 Å². The molecule has 4 heteroatoms. The molecule has 4 aliphatic rings. The summed E-state index contributed by atoms with van der Waals surface area (Å²) in [7, 11) is -3.24. The number of hydrogen-bond donors (Lipinski definition) is 0. The van der Waals surface area contributed by atoms with Crippen molar-refractivity contribution in [1.82, 2.24) is 0 Å². The van der Waals surface area contributed by atoms with Crippen LogP contribution in [0.15, 0.2) is 24.0 Å². The Morgan fingerprint density at radius 2 is 1.66 bits per heavy atom. The van der Waals surface area contributed by atoms with E-state index in [1.54, 1.807) is 0 Å². The van der Waals surface area contributed by atoms with Gasteiger partial charge in [0.05, 0.1) is 5.76 Å². The Balaban J connectivity index is 1.72. The molecular formula is C25H44O2Si2. The van der Waals surface area contributed by atoms with Crippen molar-refractivity contribution in [2.24, 2.45) is 34.5 Å². The Labute approximate surface area is 181 Å². The van der Waals surface area contributed by atoms with Gasteiger partial charge in [-0.25, -0.2) is 0 Å². The highest BCUT2D eigenvalue weighted by Gasteiger charge is 2.62. The lowest BCUT2D eigenvalue weighted by molar-refractivity contribution is -0.146. The molecule has 0 radical (unpaired) electrons. The largest absolute Gasteiger partial charge is 0.547 e. The predicted molar refractivity (Wildman–Crippen MR) is 128 cm³/mol. The molecule has 0 heterocycles. The molecule has 4 aliphatic carbocycles. The van der Waals surface area contributed by atoms with Gasteiger partial charge in [0, 0.05) is 11.5 Å². The second kappa shape index (κ2) is 7.10. The lowest BCUT2D eigenvalue weighted by atomic mass is 9.45. The van der Waals surface area contributed by atoms with Crippen molar-refractivity contribution in [3.05, 3.63) is 24.0 Å². The van der Waals surface area contributed by atoms with E-state index in [1.165, 1.54) is 37.9 Å². The van der Waals surface area contributed by atoms with Gasteiger partial charge in [0.15, 0.2) is 8.32 Å².